The van der Waals surface area contributed by atoms with Gasteiger partial charge in [0.25, 0.3) is 0 Å². The number of benzene rings is 1. The monoisotopic (exact) mass is 260 g/mol. The second kappa shape index (κ2) is 4.70. The molecule has 5 nitrogen and oxygen atoms in total. The number of hydrogen-bond donors (Lipinski definition) is 1. The summed E-state index contributed by atoms with van der Waals surface area (Å²) >= 11 is 0. The van der Waals surface area contributed by atoms with Crippen molar-refractivity contribution in [1.29, 1.82) is 0 Å². The zero-order chi connectivity index (χ0) is 13.2. The fourth-order valence-electron chi connectivity index (χ4n) is 1.25. The summed E-state index contributed by atoms with van der Waals surface area (Å²) in [6.45, 7) is 1.26. The molecule has 1 amide bonds. The van der Waals surface area contributed by atoms with E-state index in [0.717, 1.165) is 22.7 Å². The number of nitrogens with one attached hydrogen (secondary N) is 1. The maximum atomic E-state index is 13.0. The predicted molar refractivity (Wildman–Crippen MR) is 64.0 cm³/mol. The first-order valence-electron chi connectivity index (χ1n) is 4.73. The van der Waals surface area contributed by atoms with Crippen LogP contribution < -0.4 is 9.62 Å². The van der Waals surface area contributed by atoms with E-state index in [-0.39, 0.29) is 11.4 Å². The number of carbonyl (C=O) groups is 1. The largest absolute Gasteiger partial charge is 0.324 e. The fraction of sp³-hybridized carbons (Fsp3) is 0.300. The van der Waals surface area contributed by atoms with Crippen LogP contribution in [0, 0.1) is 5.82 Å². The summed E-state index contributed by atoms with van der Waals surface area (Å²) in [6, 6.07) is 3.49. The normalized spacial score (nSPS) is 11.1. The molecule has 1 rings (SSSR count). The Labute approximate surface area is 99.3 Å². The molecule has 0 fully saturated rings. The Hall–Kier alpha value is -1.63. The quantitative estimate of drug-likeness (QED) is 0.887. The van der Waals surface area contributed by atoms with Gasteiger partial charge in [0, 0.05) is 14.0 Å². The van der Waals surface area contributed by atoms with Crippen molar-refractivity contribution in [3.8, 4) is 0 Å². The lowest BCUT2D eigenvalue weighted by molar-refractivity contribution is -0.114. The first-order valence-corrected chi connectivity index (χ1v) is 6.57. The van der Waals surface area contributed by atoms with Gasteiger partial charge in [-0.25, -0.2) is 12.8 Å². The Morgan fingerprint density at radius 1 is 1.41 bits per heavy atom. The van der Waals surface area contributed by atoms with Crippen LogP contribution in [0.1, 0.15) is 6.92 Å². The summed E-state index contributed by atoms with van der Waals surface area (Å²) in [5, 5.41) is 2.38. The van der Waals surface area contributed by atoms with Crippen LogP contribution in [0.3, 0.4) is 0 Å². The van der Waals surface area contributed by atoms with Gasteiger partial charge in [-0.05, 0) is 18.2 Å². The van der Waals surface area contributed by atoms with Gasteiger partial charge in [0.05, 0.1) is 17.6 Å². The summed E-state index contributed by atoms with van der Waals surface area (Å²) in [6.07, 6.45) is 1.02. The molecule has 0 aliphatic rings. The summed E-state index contributed by atoms with van der Waals surface area (Å²) in [5.41, 5.74) is 0.328. The number of rotatable bonds is 3. The van der Waals surface area contributed by atoms with Crippen molar-refractivity contribution in [3.63, 3.8) is 0 Å². The van der Waals surface area contributed by atoms with E-state index < -0.39 is 21.7 Å². The van der Waals surface area contributed by atoms with Crippen LogP contribution in [-0.4, -0.2) is 27.6 Å². The van der Waals surface area contributed by atoms with Crippen molar-refractivity contribution < 1.29 is 17.6 Å². The maximum Gasteiger partial charge on any atom is 0.232 e. The molecular formula is C10H13FN2O3S. The lowest BCUT2D eigenvalue weighted by atomic mass is 10.2. The second-order valence-electron chi connectivity index (χ2n) is 3.57. The highest BCUT2D eigenvalue weighted by molar-refractivity contribution is 7.92. The molecule has 0 aliphatic carbocycles. The molecule has 0 aliphatic heterocycles. The highest BCUT2D eigenvalue weighted by atomic mass is 32.2. The maximum absolute atomic E-state index is 13.0. The van der Waals surface area contributed by atoms with E-state index in [2.05, 4.69) is 5.32 Å². The van der Waals surface area contributed by atoms with Crippen molar-refractivity contribution in [1.82, 2.24) is 0 Å². The number of carbonyl (C=O) groups excluding carboxylic acids is 1. The standard InChI is InChI=1S/C10H13FN2O3S/c1-7(14)12-9-6-8(11)4-5-10(9)13(2)17(3,15)16/h4-6H,1-3H3,(H,12,14). The zero-order valence-corrected chi connectivity index (χ0v) is 10.5. The molecule has 0 saturated heterocycles. The SMILES string of the molecule is CC(=O)Nc1cc(F)ccc1N(C)S(C)(=O)=O. The Morgan fingerprint density at radius 3 is 2.47 bits per heavy atom. The molecule has 0 heterocycles. The first kappa shape index (κ1) is 13.4. The van der Waals surface area contributed by atoms with Crippen molar-refractivity contribution in [2.24, 2.45) is 0 Å². The van der Waals surface area contributed by atoms with Crippen LogP contribution in [0.2, 0.25) is 0 Å². The summed E-state index contributed by atoms with van der Waals surface area (Å²) < 4.78 is 36.8. The number of sulfonamides is 1. The van der Waals surface area contributed by atoms with Crippen LogP contribution in [0.15, 0.2) is 18.2 Å². The Bertz CT molecular complexity index is 542. The zero-order valence-electron chi connectivity index (χ0n) is 9.69. The summed E-state index contributed by atoms with van der Waals surface area (Å²) in [7, 11) is -2.14. The molecule has 0 unspecified atom stereocenters. The molecule has 1 N–H and O–H groups in total. The molecule has 1 aromatic carbocycles. The Kier molecular flexibility index (Phi) is 3.72. The number of hydrogen-bond acceptors (Lipinski definition) is 3. The van der Waals surface area contributed by atoms with Gasteiger partial charge in [-0.2, -0.15) is 0 Å². The van der Waals surface area contributed by atoms with Crippen LogP contribution in [0.4, 0.5) is 15.8 Å². The molecule has 7 heteroatoms. The number of amides is 1. The molecule has 17 heavy (non-hydrogen) atoms. The van der Waals surface area contributed by atoms with Gasteiger partial charge in [0.2, 0.25) is 15.9 Å². The van der Waals surface area contributed by atoms with E-state index in [9.17, 15) is 17.6 Å². The Balaban J connectivity index is 3.28. The topological polar surface area (TPSA) is 66.5 Å². The van der Waals surface area contributed by atoms with E-state index in [4.69, 9.17) is 0 Å². The first-order chi connectivity index (χ1) is 7.71. The third-order valence-corrected chi connectivity index (χ3v) is 3.30. The average molecular weight is 260 g/mol. The lowest BCUT2D eigenvalue weighted by Gasteiger charge is -2.20. The van der Waals surface area contributed by atoms with Crippen molar-refractivity contribution in [2.45, 2.75) is 6.92 Å². The second-order valence-corrected chi connectivity index (χ2v) is 5.59. The van der Waals surface area contributed by atoms with Gasteiger partial charge in [-0.15, -0.1) is 0 Å². The fourth-order valence-corrected chi connectivity index (χ4v) is 1.77. The van der Waals surface area contributed by atoms with Gasteiger partial charge in [0.15, 0.2) is 0 Å². The molecular weight excluding hydrogens is 247 g/mol. The molecule has 0 atom stereocenters. The number of nitrogens with zero attached hydrogens (tertiary/aromatic N) is 1. The highest BCUT2D eigenvalue weighted by Gasteiger charge is 2.16. The van der Waals surface area contributed by atoms with Crippen molar-refractivity contribution in [2.75, 3.05) is 22.9 Å². The highest BCUT2D eigenvalue weighted by Crippen LogP contribution is 2.27. The van der Waals surface area contributed by atoms with Crippen molar-refractivity contribution >= 4 is 27.3 Å². The van der Waals surface area contributed by atoms with Crippen LogP contribution in [-0.2, 0) is 14.8 Å². The molecule has 1 aromatic rings. The van der Waals surface area contributed by atoms with E-state index in [1.165, 1.54) is 20.0 Å². The van der Waals surface area contributed by atoms with Gasteiger partial charge in [-0.1, -0.05) is 0 Å². The third kappa shape index (κ3) is 3.42. The number of halogens is 1. The van der Waals surface area contributed by atoms with Crippen LogP contribution in [0.5, 0.6) is 0 Å². The predicted octanol–water partition coefficient (Wildman–Crippen LogP) is 1.18. The average Bonchev–Trinajstić information content (AvgIpc) is 2.14. The van der Waals surface area contributed by atoms with Gasteiger partial charge >= 0.3 is 0 Å². The van der Waals surface area contributed by atoms with Gasteiger partial charge in [-0.3, -0.25) is 9.10 Å². The van der Waals surface area contributed by atoms with E-state index >= 15 is 0 Å². The molecule has 0 radical (unpaired) electrons. The van der Waals surface area contributed by atoms with Gasteiger partial charge in [0.1, 0.15) is 5.82 Å². The molecule has 0 spiro atoms. The molecule has 94 valence electrons. The molecule has 0 aromatic heterocycles. The summed E-state index contributed by atoms with van der Waals surface area (Å²) in [5.74, 6) is -0.960. The Morgan fingerprint density at radius 2 is 2.00 bits per heavy atom. The third-order valence-electron chi connectivity index (χ3n) is 2.11. The van der Waals surface area contributed by atoms with E-state index in [0.29, 0.717) is 0 Å². The van der Waals surface area contributed by atoms with Gasteiger partial charge < -0.3 is 5.32 Å². The van der Waals surface area contributed by atoms with Crippen LogP contribution in [0.25, 0.3) is 0 Å². The molecule has 0 saturated carbocycles. The van der Waals surface area contributed by atoms with E-state index in [1.807, 2.05) is 0 Å². The van der Waals surface area contributed by atoms with E-state index in [1.54, 1.807) is 0 Å². The minimum atomic E-state index is -3.47. The number of anilines is 2. The minimum Gasteiger partial charge on any atom is -0.324 e. The smallest absolute Gasteiger partial charge is 0.232 e. The minimum absolute atomic E-state index is 0.116. The summed E-state index contributed by atoms with van der Waals surface area (Å²) in [4.78, 5) is 10.9. The van der Waals surface area contributed by atoms with Crippen molar-refractivity contribution in [3.05, 3.63) is 24.0 Å². The lowest BCUT2D eigenvalue weighted by Crippen LogP contribution is -2.26. The van der Waals surface area contributed by atoms with Crippen LogP contribution >= 0.6 is 0 Å². The molecule has 0 bridgehead atoms.